The van der Waals surface area contributed by atoms with Gasteiger partial charge >= 0.3 is 0 Å². The maximum absolute atomic E-state index is 9.57. The van der Waals surface area contributed by atoms with Crippen molar-refractivity contribution in [2.45, 2.75) is 53.5 Å². The predicted octanol–water partition coefficient (Wildman–Crippen LogP) is 3.21. The highest BCUT2D eigenvalue weighted by molar-refractivity contribution is 6.31. The van der Waals surface area contributed by atoms with Crippen molar-refractivity contribution in [2.24, 2.45) is 5.41 Å². The zero-order valence-corrected chi connectivity index (χ0v) is 12.0. The van der Waals surface area contributed by atoms with Gasteiger partial charge in [-0.25, -0.2) is 0 Å². The Labute approximate surface area is 109 Å². The molecular weight excluding hydrogens is 236 g/mol. The zero-order valence-electron chi connectivity index (χ0n) is 11.3. The fraction of sp³-hybridized carbons (Fsp3) is 0.769. The van der Waals surface area contributed by atoms with Crippen LogP contribution in [-0.2, 0) is 13.0 Å². The van der Waals surface area contributed by atoms with Crippen LogP contribution in [0, 0.1) is 12.3 Å². The SMILES string of the molecule is CCCC(C)(CO)Cc1c(Cl)c(C)nn1CC. The van der Waals surface area contributed by atoms with E-state index in [0.717, 1.165) is 42.2 Å². The topological polar surface area (TPSA) is 38.1 Å². The van der Waals surface area contributed by atoms with Gasteiger partial charge in [-0.15, -0.1) is 0 Å². The maximum atomic E-state index is 9.57. The van der Waals surface area contributed by atoms with Crippen LogP contribution in [0.2, 0.25) is 5.02 Å². The Balaban J connectivity index is 3.00. The van der Waals surface area contributed by atoms with Gasteiger partial charge in [0.25, 0.3) is 0 Å². The molecule has 1 rings (SSSR count). The van der Waals surface area contributed by atoms with Crippen molar-refractivity contribution in [1.29, 1.82) is 0 Å². The van der Waals surface area contributed by atoms with Gasteiger partial charge < -0.3 is 5.11 Å². The van der Waals surface area contributed by atoms with Gasteiger partial charge in [0.05, 0.1) is 16.4 Å². The lowest BCUT2D eigenvalue weighted by Gasteiger charge is -2.27. The number of halogens is 1. The van der Waals surface area contributed by atoms with Gasteiger partial charge in [0.15, 0.2) is 0 Å². The maximum Gasteiger partial charge on any atom is 0.0847 e. The van der Waals surface area contributed by atoms with E-state index >= 15 is 0 Å². The summed E-state index contributed by atoms with van der Waals surface area (Å²) in [5, 5.41) is 14.7. The molecule has 0 aromatic carbocycles. The van der Waals surface area contributed by atoms with E-state index in [2.05, 4.69) is 25.9 Å². The third-order valence-corrected chi connectivity index (χ3v) is 3.77. The number of aromatic nitrogens is 2. The van der Waals surface area contributed by atoms with Crippen molar-refractivity contribution in [3.63, 3.8) is 0 Å². The van der Waals surface area contributed by atoms with E-state index in [4.69, 9.17) is 11.6 Å². The fourth-order valence-corrected chi connectivity index (χ4v) is 2.47. The summed E-state index contributed by atoms with van der Waals surface area (Å²) >= 11 is 6.29. The summed E-state index contributed by atoms with van der Waals surface area (Å²) in [5.74, 6) is 0. The number of hydrogen-bond donors (Lipinski definition) is 1. The van der Waals surface area contributed by atoms with Crippen LogP contribution >= 0.6 is 11.6 Å². The monoisotopic (exact) mass is 258 g/mol. The zero-order chi connectivity index (χ0) is 13.1. The van der Waals surface area contributed by atoms with Gasteiger partial charge in [0, 0.05) is 13.2 Å². The van der Waals surface area contributed by atoms with Crippen LogP contribution in [0.5, 0.6) is 0 Å². The molecule has 1 aromatic rings. The normalized spacial score (nSPS) is 14.9. The summed E-state index contributed by atoms with van der Waals surface area (Å²) in [5.41, 5.74) is 1.83. The molecular formula is C13H23ClN2O. The molecule has 0 aliphatic heterocycles. The molecule has 4 heteroatoms. The van der Waals surface area contributed by atoms with Crippen LogP contribution in [0.25, 0.3) is 0 Å². The Hall–Kier alpha value is -0.540. The smallest absolute Gasteiger partial charge is 0.0847 e. The van der Waals surface area contributed by atoms with Crippen molar-refractivity contribution in [1.82, 2.24) is 9.78 Å². The Bertz CT molecular complexity index is 376. The first kappa shape index (κ1) is 14.5. The van der Waals surface area contributed by atoms with E-state index in [9.17, 15) is 5.11 Å². The summed E-state index contributed by atoms with van der Waals surface area (Å²) in [6.45, 7) is 9.23. The van der Waals surface area contributed by atoms with Gasteiger partial charge in [0.2, 0.25) is 0 Å². The summed E-state index contributed by atoms with van der Waals surface area (Å²) in [6.07, 6.45) is 2.84. The first-order valence-corrected chi connectivity index (χ1v) is 6.68. The Morgan fingerprint density at radius 2 is 2.06 bits per heavy atom. The molecule has 1 aromatic heterocycles. The highest BCUT2D eigenvalue weighted by atomic mass is 35.5. The average molecular weight is 259 g/mol. The fourth-order valence-electron chi connectivity index (χ4n) is 2.27. The molecule has 1 heterocycles. The number of hydrogen-bond acceptors (Lipinski definition) is 2. The molecule has 1 unspecified atom stereocenters. The standard InChI is InChI=1S/C13H23ClN2O/c1-5-7-13(4,9-17)8-11-12(14)10(3)15-16(11)6-2/h17H,5-9H2,1-4H3. The molecule has 0 spiro atoms. The summed E-state index contributed by atoms with van der Waals surface area (Å²) in [6, 6.07) is 0. The van der Waals surface area contributed by atoms with Crippen molar-refractivity contribution in [3.05, 3.63) is 16.4 Å². The first-order valence-electron chi connectivity index (χ1n) is 6.30. The molecule has 3 nitrogen and oxygen atoms in total. The van der Waals surface area contributed by atoms with Crippen molar-refractivity contribution in [3.8, 4) is 0 Å². The minimum Gasteiger partial charge on any atom is -0.396 e. The molecule has 98 valence electrons. The number of rotatable bonds is 6. The summed E-state index contributed by atoms with van der Waals surface area (Å²) in [4.78, 5) is 0. The minimum absolute atomic E-state index is 0.0994. The molecule has 0 amide bonds. The van der Waals surface area contributed by atoms with Gasteiger partial charge in [0.1, 0.15) is 0 Å². The Morgan fingerprint density at radius 1 is 1.41 bits per heavy atom. The van der Waals surface area contributed by atoms with Crippen LogP contribution in [0.4, 0.5) is 0 Å². The van der Waals surface area contributed by atoms with Crippen LogP contribution in [0.1, 0.15) is 45.0 Å². The second kappa shape index (κ2) is 5.87. The van der Waals surface area contributed by atoms with Gasteiger partial charge in [-0.2, -0.15) is 5.10 Å². The van der Waals surface area contributed by atoms with E-state index in [1.54, 1.807) is 0 Å². The molecule has 0 bridgehead atoms. The lowest BCUT2D eigenvalue weighted by molar-refractivity contribution is 0.129. The predicted molar refractivity (Wildman–Crippen MR) is 71.5 cm³/mol. The molecule has 0 saturated heterocycles. The van der Waals surface area contributed by atoms with Crippen molar-refractivity contribution < 1.29 is 5.11 Å². The molecule has 0 saturated carbocycles. The Morgan fingerprint density at radius 3 is 2.53 bits per heavy atom. The molecule has 0 aliphatic carbocycles. The first-order chi connectivity index (χ1) is 7.97. The quantitative estimate of drug-likeness (QED) is 0.851. The van der Waals surface area contributed by atoms with Crippen LogP contribution in [0.3, 0.4) is 0 Å². The highest BCUT2D eigenvalue weighted by Gasteiger charge is 2.26. The van der Waals surface area contributed by atoms with E-state index in [0.29, 0.717) is 0 Å². The van der Waals surface area contributed by atoms with Gasteiger partial charge in [-0.3, -0.25) is 4.68 Å². The van der Waals surface area contributed by atoms with E-state index in [-0.39, 0.29) is 12.0 Å². The van der Waals surface area contributed by atoms with Crippen molar-refractivity contribution >= 4 is 11.6 Å². The van der Waals surface area contributed by atoms with Crippen LogP contribution in [0.15, 0.2) is 0 Å². The molecule has 0 aliphatic rings. The lowest BCUT2D eigenvalue weighted by atomic mass is 9.82. The van der Waals surface area contributed by atoms with Crippen molar-refractivity contribution in [2.75, 3.05) is 6.61 Å². The molecule has 0 radical (unpaired) electrons. The van der Waals surface area contributed by atoms with Gasteiger partial charge in [-0.05, 0) is 32.1 Å². The lowest BCUT2D eigenvalue weighted by Crippen LogP contribution is -2.25. The van der Waals surface area contributed by atoms with Gasteiger partial charge in [-0.1, -0.05) is 31.9 Å². The van der Waals surface area contributed by atoms with E-state index < -0.39 is 0 Å². The average Bonchev–Trinajstić information content (AvgIpc) is 2.57. The van der Waals surface area contributed by atoms with Crippen LogP contribution < -0.4 is 0 Å². The largest absolute Gasteiger partial charge is 0.396 e. The van der Waals surface area contributed by atoms with E-state index in [1.165, 1.54) is 0 Å². The number of aliphatic hydroxyl groups excluding tert-OH is 1. The minimum atomic E-state index is -0.0994. The molecule has 1 atom stereocenters. The second-order valence-electron chi connectivity index (χ2n) is 5.06. The number of nitrogens with zero attached hydrogens (tertiary/aromatic N) is 2. The van der Waals surface area contributed by atoms with Crippen LogP contribution in [-0.4, -0.2) is 21.5 Å². The number of aliphatic hydroxyl groups is 1. The third-order valence-electron chi connectivity index (χ3n) is 3.28. The molecule has 0 fully saturated rings. The number of aryl methyl sites for hydroxylation is 2. The van der Waals surface area contributed by atoms with E-state index in [1.807, 2.05) is 11.6 Å². The summed E-state index contributed by atoms with van der Waals surface area (Å²) < 4.78 is 1.95. The third kappa shape index (κ3) is 3.23. The second-order valence-corrected chi connectivity index (χ2v) is 5.44. The summed E-state index contributed by atoms with van der Waals surface area (Å²) in [7, 11) is 0. The molecule has 1 N–H and O–H groups in total. The Kier molecular flexibility index (Phi) is 5.02. The highest BCUT2D eigenvalue weighted by Crippen LogP contribution is 2.31. The molecule has 17 heavy (non-hydrogen) atoms.